The third kappa shape index (κ3) is 11.3. The smallest absolute Gasteiger partial charge is 0.307 e. The summed E-state index contributed by atoms with van der Waals surface area (Å²) >= 11 is 0. The van der Waals surface area contributed by atoms with E-state index in [2.05, 4.69) is 90.2 Å². The molecule has 0 aliphatic heterocycles. The maximum Gasteiger partial charge on any atom is 0.307 e. The van der Waals surface area contributed by atoms with Crippen LogP contribution in [0.1, 0.15) is 89.8 Å². The zero-order chi connectivity index (χ0) is 35.0. The molecule has 0 spiro atoms. The number of anilines is 1. The Balaban J connectivity index is 1.70. The number of esters is 1. The lowest BCUT2D eigenvalue weighted by molar-refractivity contribution is -0.148. The van der Waals surface area contributed by atoms with Crippen molar-refractivity contribution in [3.63, 3.8) is 0 Å². The van der Waals surface area contributed by atoms with Crippen molar-refractivity contribution in [1.82, 2.24) is 4.98 Å². The third-order valence-electron chi connectivity index (χ3n) is 9.86. The van der Waals surface area contributed by atoms with Gasteiger partial charge in [0.15, 0.2) is 14.5 Å². The van der Waals surface area contributed by atoms with E-state index < -0.39 is 22.8 Å². The summed E-state index contributed by atoms with van der Waals surface area (Å²) in [7, 11) is -2.11. The molecule has 0 saturated heterocycles. The van der Waals surface area contributed by atoms with Gasteiger partial charge >= 0.3 is 5.97 Å². The molecule has 3 aromatic rings. The first kappa shape index (κ1) is 38.5. The fourth-order valence-corrected chi connectivity index (χ4v) is 7.04. The molecule has 0 saturated carbocycles. The maximum absolute atomic E-state index is 13.7. The molecule has 0 amide bonds. The van der Waals surface area contributed by atoms with Crippen molar-refractivity contribution in [3.8, 4) is 5.75 Å². The van der Waals surface area contributed by atoms with Gasteiger partial charge in [0.05, 0.1) is 13.2 Å². The van der Waals surface area contributed by atoms with Crippen LogP contribution < -0.4 is 15.0 Å². The van der Waals surface area contributed by atoms with Crippen LogP contribution in [0.5, 0.6) is 5.75 Å². The number of ether oxygens (including phenoxy) is 2. The minimum Gasteiger partial charge on any atom is -0.497 e. The van der Waals surface area contributed by atoms with Crippen molar-refractivity contribution in [2.24, 2.45) is 0 Å². The first-order valence-electron chi connectivity index (χ1n) is 16.7. The minimum absolute atomic E-state index is 0.0148. The zero-order valence-electron chi connectivity index (χ0n) is 30.4. The van der Waals surface area contributed by atoms with Gasteiger partial charge in [-0.05, 0) is 95.7 Å². The van der Waals surface area contributed by atoms with Crippen LogP contribution in [-0.4, -0.2) is 29.6 Å². The topological polar surface area (TPSA) is 68.8 Å². The fourth-order valence-electron chi connectivity index (χ4n) is 4.54. The number of carbonyl (C=O) groups excluding carboxylic acids is 1. The van der Waals surface area contributed by atoms with E-state index in [4.69, 9.17) is 13.9 Å². The summed E-state index contributed by atoms with van der Waals surface area (Å²) in [6.45, 7) is 23.4. The molecular formula is C38H57FN2O4Si2. The van der Waals surface area contributed by atoms with Crippen LogP contribution in [0.4, 0.5) is 10.1 Å². The summed E-state index contributed by atoms with van der Waals surface area (Å²) in [4.78, 5) is 17.1. The van der Waals surface area contributed by atoms with Crippen LogP contribution >= 0.6 is 0 Å². The minimum atomic E-state index is -2.12. The second-order valence-corrected chi connectivity index (χ2v) is 25.4. The maximum atomic E-state index is 13.7. The average molecular weight is 681 g/mol. The summed E-state index contributed by atoms with van der Waals surface area (Å²) in [5.41, 5.74) is 3.79. The van der Waals surface area contributed by atoms with Crippen molar-refractivity contribution in [2.45, 2.75) is 116 Å². The van der Waals surface area contributed by atoms with Crippen LogP contribution in [0.15, 0.2) is 72.8 Å². The summed E-state index contributed by atoms with van der Waals surface area (Å²) in [6.07, 6.45) is 0.509. The Morgan fingerprint density at radius 2 is 1.38 bits per heavy atom. The lowest BCUT2D eigenvalue weighted by Crippen LogP contribution is -2.51. The highest BCUT2D eigenvalue weighted by molar-refractivity contribution is 6.77. The molecule has 3 rings (SSSR count). The molecule has 0 aromatic heterocycles. The number of carbonyl (C=O) groups is 1. The molecule has 0 radical (unpaired) electrons. The van der Waals surface area contributed by atoms with E-state index in [0.717, 1.165) is 29.1 Å². The number of rotatable bonds is 15. The van der Waals surface area contributed by atoms with Crippen LogP contribution in [0.25, 0.3) is 0 Å². The lowest BCUT2D eigenvalue weighted by Gasteiger charge is -2.39. The van der Waals surface area contributed by atoms with E-state index in [1.54, 1.807) is 19.2 Å². The zero-order valence-corrected chi connectivity index (χ0v) is 32.4. The summed E-state index contributed by atoms with van der Waals surface area (Å²) in [6, 6.07) is 22.3. The number of methoxy groups -OCH3 is 1. The van der Waals surface area contributed by atoms with Gasteiger partial charge in [-0.25, -0.2) is 4.39 Å². The Kier molecular flexibility index (Phi) is 13.0. The SMILES string of the molecule is COc1ccc([C@@H](Nc2ccc(CN[Si](C)(C)C(C)(C)C)cc2)OC(=O)CCC[C@H](O[Si](C)(C)C(C)(C)C)c2ccc(F)cc2)cc1. The second kappa shape index (κ2) is 15.9. The Labute approximate surface area is 285 Å². The summed E-state index contributed by atoms with van der Waals surface area (Å²) < 4.78 is 31.9. The molecule has 0 aliphatic carbocycles. The van der Waals surface area contributed by atoms with Gasteiger partial charge in [0.1, 0.15) is 19.8 Å². The van der Waals surface area contributed by atoms with E-state index >= 15 is 0 Å². The molecule has 0 fully saturated rings. The van der Waals surface area contributed by atoms with Crippen molar-refractivity contribution in [2.75, 3.05) is 12.4 Å². The number of hydrogen-bond acceptors (Lipinski definition) is 6. The van der Waals surface area contributed by atoms with Crippen molar-refractivity contribution in [3.05, 3.63) is 95.3 Å². The van der Waals surface area contributed by atoms with Crippen LogP contribution in [0.3, 0.4) is 0 Å². The first-order chi connectivity index (χ1) is 21.8. The number of halogens is 1. The predicted molar refractivity (Wildman–Crippen MR) is 197 cm³/mol. The van der Waals surface area contributed by atoms with Gasteiger partial charge in [0, 0.05) is 24.2 Å². The molecule has 2 atom stereocenters. The number of benzene rings is 3. The Hall–Kier alpha value is -2.99. The third-order valence-corrected chi connectivity index (χ3v) is 19.2. The molecule has 6 nitrogen and oxygen atoms in total. The van der Waals surface area contributed by atoms with E-state index in [-0.39, 0.29) is 34.4 Å². The fraction of sp³-hybridized carbons (Fsp3) is 0.500. The highest BCUT2D eigenvalue weighted by atomic mass is 28.4. The molecule has 47 heavy (non-hydrogen) atoms. The predicted octanol–water partition coefficient (Wildman–Crippen LogP) is 10.5. The monoisotopic (exact) mass is 680 g/mol. The number of nitrogens with one attached hydrogen (secondary N) is 2. The lowest BCUT2D eigenvalue weighted by atomic mass is 10.0. The van der Waals surface area contributed by atoms with Crippen molar-refractivity contribution < 1.29 is 23.1 Å². The molecular weight excluding hydrogens is 624 g/mol. The van der Waals surface area contributed by atoms with E-state index in [9.17, 15) is 9.18 Å². The highest BCUT2D eigenvalue weighted by Gasteiger charge is 2.39. The van der Waals surface area contributed by atoms with Gasteiger partial charge in [0.2, 0.25) is 0 Å². The van der Waals surface area contributed by atoms with Gasteiger partial charge in [-0.2, -0.15) is 0 Å². The van der Waals surface area contributed by atoms with Gasteiger partial charge in [-0.1, -0.05) is 78.9 Å². The largest absolute Gasteiger partial charge is 0.497 e. The molecule has 258 valence electrons. The van der Waals surface area contributed by atoms with Crippen LogP contribution in [-0.2, 0) is 20.5 Å². The first-order valence-corrected chi connectivity index (χ1v) is 22.6. The molecule has 2 N–H and O–H groups in total. The normalized spacial score (nSPS) is 14.0. The molecule has 0 bridgehead atoms. The van der Waals surface area contributed by atoms with Crippen molar-refractivity contribution in [1.29, 1.82) is 0 Å². The van der Waals surface area contributed by atoms with E-state index in [1.807, 2.05) is 36.4 Å². The van der Waals surface area contributed by atoms with Gasteiger partial charge in [0.25, 0.3) is 0 Å². The van der Waals surface area contributed by atoms with E-state index in [1.165, 1.54) is 17.7 Å². The van der Waals surface area contributed by atoms with Gasteiger partial charge in [-0.15, -0.1) is 0 Å². The number of hydrogen-bond donors (Lipinski definition) is 2. The Morgan fingerprint density at radius 1 is 0.809 bits per heavy atom. The van der Waals surface area contributed by atoms with E-state index in [0.29, 0.717) is 12.8 Å². The second-order valence-electron chi connectivity index (χ2n) is 15.5. The molecule has 0 heterocycles. The standard InChI is InChI=1S/C38H57FN2O4Si2/c1-37(2,3)46(8,9)40-27-28-15-23-32(24-16-28)41-36(30-19-25-33(43-7)26-20-30)44-35(42)14-12-13-34(29-17-21-31(39)22-18-29)45-47(10,11)38(4,5)6/h15-26,34,36,40-41H,12-14,27H2,1-11H3/t34-,36-/m0/s1. The Morgan fingerprint density at radius 3 is 1.91 bits per heavy atom. The highest BCUT2D eigenvalue weighted by Crippen LogP contribution is 2.41. The van der Waals surface area contributed by atoms with Crippen molar-refractivity contribution >= 4 is 28.2 Å². The van der Waals surface area contributed by atoms with Gasteiger partial charge in [-0.3, -0.25) is 4.79 Å². The van der Waals surface area contributed by atoms with Crippen LogP contribution in [0, 0.1) is 5.82 Å². The quantitative estimate of drug-likeness (QED) is 0.0946. The Bertz CT molecular complexity index is 1410. The van der Waals surface area contributed by atoms with Crippen LogP contribution in [0.2, 0.25) is 36.3 Å². The molecule has 0 aliphatic rings. The molecule has 9 heteroatoms. The summed E-state index contributed by atoms with van der Waals surface area (Å²) in [5.74, 6) is 0.141. The summed E-state index contributed by atoms with van der Waals surface area (Å²) in [5, 5.41) is 3.68. The van der Waals surface area contributed by atoms with Gasteiger partial charge < -0.3 is 24.2 Å². The average Bonchev–Trinajstić information content (AvgIpc) is 2.99. The molecule has 0 unspecified atom stereocenters. The molecule has 3 aromatic carbocycles.